The Morgan fingerprint density at radius 1 is 1.06 bits per heavy atom. The van der Waals surface area contributed by atoms with Crippen molar-refractivity contribution < 1.29 is 44.6 Å². The van der Waals surface area contributed by atoms with Crippen molar-refractivity contribution in [3.63, 3.8) is 0 Å². The van der Waals surface area contributed by atoms with Crippen molar-refractivity contribution in [3.05, 3.63) is 56.9 Å². The maximum absolute atomic E-state index is 13.7. The van der Waals surface area contributed by atoms with Crippen LogP contribution in [0.15, 0.2) is 41.5 Å². The van der Waals surface area contributed by atoms with Crippen molar-refractivity contribution in [1.82, 2.24) is 5.43 Å². The summed E-state index contributed by atoms with van der Waals surface area (Å²) in [5.41, 5.74) is 0.808. The molecule has 31 heavy (non-hydrogen) atoms. The molecule has 2 aromatic rings. The molecule has 0 unspecified atom stereocenters. The third kappa shape index (κ3) is 5.68. The number of hydrogen-bond acceptors (Lipinski definition) is 4. The van der Waals surface area contributed by atoms with E-state index in [1.54, 1.807) is 28.7 Å². The number of halogens is 9. The maximum atomic E-state index is 13.7. The van der Waals surface area contributed by atoms with Crippen molar-refractivity contribution >= 4 is 28.8 Å². The Morgan fingerprint density at radius 2 is 1.71 bits per heavy atom. The highest BCUT2D eigenvalue weighted by atomic mass is 127. The number of methoxy groups -OCH3 is 1. The Bertz CT molecular complexity index is 951. The lowest BCUT2D eigenvalue weighted by molar-refractivity contribution is -0.361. The highest BCUT2D eigenvalue weighted by Gasteiger charge is 2.73. The molecule has 0 saturated carbocycles. The van der Waals surface area contributed by atoms with Crippen molar-refractivity contribution in [2.75, 3.05) is 7.11 Å². The third-order valence-corrected chi connectivity index (χ3v) is 4.55. The van der Waals surface area contributed by atoms with Gasteiger partial charge in [0.15, 0.2) is 11.5 Å². The molecule has 2 rings (SSSR count). The number of nitrogens with one attached hydrogen (secondary N) is 1. The average Bonchev–Trinajstić information content (AvgIpc) is 2.66. The van der Waals surface area contributed by atoms with Crippen LogP contribution >= 0.6 is 22.6 Å². The Balaban J connectivity index is 2.18. The summed E-state index contributed by atoms with van der Waals surface area (Å²) in [4.78, 5) is 0. The van der Waals surface area contributed by atoms with Crippen LogP contribution in [0.4, 0.5) is 35.1 Å². The lowest BCUT2D eigenvalue weighted by atomic mass is 10.2. The van der Waals surface area contributed by atoms with Crippen molar-refractivity contribution in [2.45, 2.75) is 24.8 Å². The first-order chi connectivity index (χ1) is 14.3. The molecule has 0 atom stereocenters. The van der Waals surface area contributed by atoms with Gasteiger partial charge in [0.05, 0.1) is 16.9 Å². The Hall–Kier alpha value is -2.32. The monoisotopic (exact) mass is 568 g/mol. The molecule has 0 aliphatic heterocycles. The smallest absolute Gasteiger partial charge is 0.462 e. The molecule has 4 nitrogen and oxygen atoms in total. The summed E-state index contributed by atoms with van der Waals surface area (Å²) in [6.45, 7) is -0.160. The topological polar surface area (TPSA) is 42.8 Å². The van der Waals surface area contributed by atoms with Crippen LogP contribution in [-0.2, 0) is 6.61 Å². The molecule has 0 fully saturated rings. The molecule has 0 bridgehead atoms. The fourth-order valence-electron chi connectivity index (χ4n) is 2.16. The minimum Gasteiger partial charge on any atom is -0.493 e. The van der Waals surface area contributed by atoms with Gasteiger partial charge in [-0.15, -0.1) is 0 Å². The van der Waals surface area contributed by atoms with Crippen LogP contribution in [0.3, 0.4) is 0 Å². The fraction of sp³-hybridized carbons (Fsp3) is 0.278. The van der Waals surface area contributed by atoms with Gasteiger partial charge in [-0.3, -0.25) is 0 Å². The highest BCUT2D eigenvalue weighted by Crippen LogP contribution is 2.45. The summed E-state index contributed by atoms with van der Waals surface area (Å²) in [6.07, 6.45) is -5.87. The third-order valence-electron chi connectivity index (χ3n) is 3.75. The summed E-state index contributed by atoms with van der Waals surface area (Å²) in [5.74, 6) is -6.60. The number of hydrazone groups is 1. The van der Waals surface area contributed by atoms with E-state index >= 15 is 0 Å². The summed E-state index contributed by atoms with van der Waals surface area (Å²) in [5, 5.41) is 2.79. The molecule has 2 aromatic carbocycles. The molecular weight excluding hydrogens is 555 g/mol. The lowest BCUT2D eigenvalue weighted by Crippen LogP contribution is -2.58. The fourth-order valence-corrected chi connectivity index (χ4v) is 2.94. The van der Waals surface area contributed by atoms with E-state index < -0.39 is 24.0 Å². The molecule has 0 aliphatic rings. The SMILES string of the molecule is COc1cc(/C=N/NC(F)(F)C(F)(F)C(F)(F)F)cc(I)c1OCc1ccccc1F. The van der Waals surface area contributed by atoms with Crippen LogP contribution in [0.5, 0.6) is 11.5 Å². The number of ether oxygens (including phenoxy) is 2. The first-order valence-electron chi connectivity index (χ1n) is 8.16. The van der Waals surface area contributed by atoms with Crippen molar-refractivity contribution in [3.8, 4) is 11.5 Å². The maximum Gasteiger partial charge on any atom is 0.462 e. The van der Waals surface area contributed by atoms with E-state index in [-0.39, 0.29) is 29.2 Å². The van der Waals surface area contributed by atoms with Crippen LogP contribution in [0, 0.1) is 9.39 Å². The summed E-state index contributed by atoms with van der Waals surface area (Å²) in [6, 6.07) is 2.69. The quantitative estimate of drug-likeness (QED) is 0.146. The Labute approximate surface area is 184 Å². The molecule has 0 heterocycles. The van der Waals surface area contributed by atoms with Crippen LogP contribution in [0.2, 0.25) is 0 Å². The van der Waals surface area contributed by atoms with Gasteiger partial charge in [0.2, 0.25) is 0 Å². The van der Waals surface area contributed by atoms with Gasteiger partial charge in [0.25, 0.3) is 0 Å². The molecule has 170 valence electrons. The van der Waals surface area contributed by atoms with Crippen LogP contribution in [0.25, 0.3) is 0 Å². The molecule has 1 N–H and O–H groups in total. The minimum absolute atomic E-state index is 0.0260. The predicted octanol–water partition coefficient (Wildman–Crippen LogP) is 5.73. The first kappa shape index (κ1) is 24.9. The van der Waals surface area contributed by atoms with E-state index in [9.17, 15) is 35.1 Å². The first-order valence-corrected chi connectivity index (χ1v) is 9.24. The zero-order valence-corrected chi connectivity index (χ0v) is 17.6. The molecule has 0 aliphatic carbocycles. The molecule has 13 heteroatoms. The van der Waals surface area contributed by atoms with E-state index in [4.69, 9.17) is 9.47 Å². The number of benzene rings is 2. The second kappa shape index (κ2) is 9.44. The van der Waals surface area contributed by atoms with Gasteiger partial charge in [-0.2, -0.15) is 35.8 Å². The summed E-state index contributed by atoms with van der Waals surface area (Å²) < 4.78 is 113. The molecule has 0 amide bonds. The summed E-state index contributed by atoms with van der Waals surface area (Å²) >= 11 is 1.78. The van der Waals surface area contributed by atoms with E-state index in [1.165, 1.54) is 37.4 Å². The molecule has 0 saturated heterocycles. The van der Waals surface area contributed by atoms with Gasteiger partial charge in [-0.05, 0) is 46.4 Å². The van der Waals surface area contributed by atoms with Gasteiger partial charge in [-0.1, -0.05) is 18.2 Å². The largest absolute Gasteiger partial charge is 0.493 e. The number of hydrogen-bond donors (Lipinski definition) is 1. The van der Waals surface area contributed by atoms with E-state index in [0.29, 0.717) is 15.2 Å². The lowest BCUT2D eigenvalue weighted by Gasteiger charge is -2.27. The van der Waals surface area contributed by atoms with Crippen molar-refractivity contribution in [1.29, 1.82) is 0 Å². The Kier molecular flexibility index (Phi) is 7.60. The molecule has 0 spiro atoms. The number of rotatable bonds is 8. The highest BCUT2D eigenvalue weighted by molar-refractivity contribution is 14.1. The summed E-state index contributed by atoms with van der Waals surface area (Å²) in [7, 11) is 1.25. The van der Waals surface area contributed by atoms with Gasteiger partial charge in [0.1, 0.15) is 12.4 Å². The van der Waals surface area contributed by atoms with Crippen LogP contribution in [0.1, 0.15) is 11.1 Å². The van der Waals surface area contributed by atoms with Gasteiger partial charge in [-0.25, -0.2) is 9.82 Å². The molecule has 0 aromatic heterocycles. The second-order valence-corrected chi connectivity index (χ2v) is 7.09. The predicted molar refractivity (Wildman–Crippen MR) is 103 cm³/mol. The second-order valence-electron chi connectivity index (χ2n) is 5.93. The van der Waals surface area contributed by atoms with Crippen molar-refractivity contribution in [2.24, 2.45) is 5.10 Å². The number of nitrogens with zero attached hydrogens (tertiary/aromatic N) is 1. The van der Waals surface area contributed by atoms with Gasteiger partial charge in [0, 0.05) is 5.56 Å². The standard InChI is InChI=1S/C18H13F8IN2O2/c1-30-14-7-10(8-28-29-18(25,26)16(20,21)17(22,23)24)6-13(27)15(14)31-9-11-4-2-3-5-12(11)19/h2-8,29H,9H2,1H3/b28-8+. The van der Waals surface area contributed by atoms with Gasteiger partial charge >= 0.3 is 18.1 Å². The Morgan fingerprint density at radius 3 is 2.29 bits per heavy atom. The van der Waals surface area contributed by atoms with E-state index in [0.717, 1.165) is 0 Å². The average molecular weight is 568 g/mol. The van der Waals surface area contributed by atoms with Crippen LogP contribution < -0.4 is 14.9 Å². The van der Waals surface area contributed by atoms with Crippen LogP contribution in [-0.4, -0.2) is 31.5 Å². The minimum atomic E-state index is -6.48. The molecular formula is C18H13F8IN2O2. The molecule has 0 radical (unpaired) electrons. The number of alkyl halides is 7. The zero-order valence-electron chi connectivity index (χ0n) is 15.4. The zero-order chi connectivity index (χ0) is 23.4. The van der Waals surface area contributed by atoms with E-state index in [1.807, 2.05) is 0 Å². The van der Waals surface area contributed by atoms with E-state index in [2.05, 4.69) is 5.10 Å². The normalized spacial score (nSPS) is 12.8. The van der Waals surface area contributed by atoms with Gasteiger partial charge < -0.3 is 9.47 Å².